The lowest BCUT2D eigenvalue weighted by Crippen LogP contribution is -2.37. The topological polar surface area (TPSA) is 62.7 Å². The highest BCUT2D eigenvalue weighted by Gasteiger charge is 2.37. The molecule has 1 aromatic rings. The number of aliphatic imine (C=N–C) groups is 1. The van der Waals surface area contributed by atoms with Gasteiger partial charge in [-0.3, -0.25) is 10.1 Å². The number of nitrogens with one attached hydrogen (secondary N) is 2. The lowest BCUT2D eigenvalue weighted by atomic mass is 10.0. The molecule has 1 atom stereocenters. The number of nitrogens with zero attached hydrogens (tertiary/aromatic N) is 1. The second-order valence-corrected chi connectivity index (χ2v) is 4.40. The summed E-state index contributed by atoms with van der Waals surface area (Å²) in [7, 11) is 1.62. The van der Waals surface area contributed by atoms with Crippen molar-refractivity contribution in [2.75, 3.05) is 12.4 Å². The number of rotatable bonds is 3. The van der Waals surface area contributed by atoms with Crippen LogP contribution in [0, 0.1) is 0 Å². The van der Waals surface area contributed by atoms with Gasteiger partial charge in [0.25, 0.3) is 5.91 Å². The Labute approximate surface area is 106 Å². The van der Waals surface area contributed by atoms with Crippen LogP contribution in [0.4, 0.5) is 5.69 Å². The van der Waals surface area contributed by atoms with Crippen LogP contribution in [0.25, 0.3) is 0 Å². The summed E-state index contributed by atoms with van der Waals surface area (Å²) in [5.41, 5.74) is 0.199. The fraction of sp³-hybridized carbons (Fsp3) is 0.385. The van der Waals surface area contributed by atoms with Crippen molar-refractivity contribution in [2.45, 2.75) is 25.8 Å². The van der Waals surface area contributed by atoms with E-state index in [1.54, 1.807) is 7.11 Å². The van der Waals surface area contributed by atoms with Gasteiger partial charge in [-0.2, -0.15) is 0 Å². The molecule has 1 amide bonds. The first-order chi connectivity index (χ1) is 8.57. The molecule has 0 saturated heterocycles. The van der Waals surface area contributed by atoms with Crippen LogP contribution >= 0.6 is 0 Å². The summed E-state index contributed by atoms with van der Waals surface area (Å²) < 4.78 is 5.08. The molecular formula is C13H17N3O2. The van der Waals surface area contributed by atoms with Crippen LogP contribution in [0.1, 0.15) is 20.3 Å². The molecule has 0 aliphatic carbocycles. The average molecular weight is 247 g/mol. The van der Waals surface area contributed by atoms with Crippen LogP contribution in [0.5, 0.6) is 5.75 Å². The fourth-order valence-corrected chi connectivity index (χ4v) is 1.68. The summed E-state index contributed by atoms with van der Waals surface area (Å²) in [5, 5.41) is 5.82. The number of guanidine groups is 1. The molecule has 0 radical (unpaired) electrons. The van der Waals surface area contributed by atoms with E-state index in [9.17, 15) is 4.79 Å². The van der Waals surface area contributed by atoms with Gasteiger partial charge < -0.3 is 10.1 Å². The molecule has 0 spiro atoms. The van der Waals surface area contributed by atoms with Crippen LogP contribution in [0.15, 0.2) is 29.3 Å². The van der Waals surface area contributed by atoms with Crippen molar-refractivity contribution in [3.63, 3.8) is 0 Å². The number of carbonyl (C=O) groups is 1. The Kier molecular flexibility index (Phi) is 3.23. The zero-order chi connectivity index (χ0) is 13.2. The summed E-state index contributed by atoms with van der Waals surface area (Å²) in [6.45, 7) is 3.77. The lowest BCUT2D eigenvalue weighted by molar-refractivity contribution is -0.123. The van der Waals surface area contributed by atoms with Crippen molar-refractivity contribution >= 4 is 17.6 Å². The molecule has 5 nitrogen and oxygen atoms in total. The van der Waals surface area contributed by atoms with E-state index in [2.05, 4.69) is 15.6 Å². The van der Waals surface area contributed by atoms with Crippen molar-refractivity contribution in [2.24, 2.45) is 4.99 Å². The molecule has 96 valence electrons. The van der Waals surface area contributed by atoms with Gasteiger partial charge in [0, 0.05) is 5.69 Å². The fourth-order valence-electron chi connectivity index (χ4n) is 1.68. The van der Waals surface area contributed by atoms with E-state index in [1.807, 2.05) is 38.1 Å². The molecule has 18 heavy (non-hydrogen) atoms. The van der Waals surface area contributed by atoms with Gasteiger partial charge >= 0.3 is 0 Å². The monoisotopic (exact) mass is 247 g/mol. The Morgan fingerprint density at radius 3 is 2.56 bits per heavy atom. The first-order valence-electron chi connectivity index (χ1n) is 5.90. The summed E-state index contributed by atoms with van der Waals surface area (Å²) in [6.07, 6.45) is 0.673. The Hall–Kier alpha value is -2.04. The van der Waals surface area contributed by atoms with Gasteiger partial charge in [0.1, 0.15) is 11.3 Å². The zero-order valence-electron chi connectivity index (χ0n) is 10.8. The largest absolute Gasteiger partial charge is 0.497 e. The molecule has 0 saturated carbocycles. The predicted octanol–water partition coefficient (Wildman–Crippen LogP) is 1.76. The summed E-state index contributed by atoms with van der Waals surface area (Å²) in [6, 6.07) is 7.43. The smallest absolute Gasteiger partial charge is 0.254 e. The number of amides is 1. The van der Waals surface area contributed by atoms with E-state index in [0.29, 0.717) is 12.4 Å². The zero-order valence-corrected chi connectivity index (χ0v) is 10.8. The molecular weight excluding hydrogens is 230 g/mol. The van der Waals surface area contributed by atoms with E-state index in [1.165, 1.54) is 0 Å². The maximum absolute atomic E-state index is 11.7. The van der Waals surface area contributed by atoms with Gasteiger partial charge in [-0.25, -0.2) is 4.99 Å². The molecule has 2 rings (SSSR count). The van der Waals surface area contributed by atoms with E-state index >= 15 is 0 Å². The third-order valence-electron chi connectivity index (χ3n) is 3.12. The number of methoxy groups -OCH3 is 1. The number of benzene rings is 1. The van der Waals surface area contributed by atoms with Gasteiger partial charge in [-0.15, -0.1) is 0 Å². The Bertz CT molecular complexity index is 482. The van der Waals surface area contributed by atoms with Gasteiger partial charge in [-0.05, 0) is 37.6 Å². The van der Waals surface area contributed by atoms with Gasteiger partial charge in [-0.1, -0.05) is 6.92 Å². The normalized spacial score (nSPS) is 22.4. The molecule has 0 aromatic heterocycles. The van der Waals surface area contributed by atoms with Crippen molar-refractivity contribution in [3.05, 3.63) is 24.3 Å². The maximum Gasteiger partial charge on any atom is 0.254 e. The third kappa shape index (κ3) is 2.30. The van der Waals surface area contributed by atoms with Gasteiger partial charge in [0.15, 0.2) is 0 Å². The molecule has 1 aromatic carbocycles. The molecule has 2 N–H and O–H groups in total. The second-order valence-electron chi connectivity index (χ2n) is 4.40. The highest BCUT2D eigenvalue weighted by molar-refractivity contribution is 6.12. The first-order valence-corrected chi connectivity index (χ1v) is 5.90. The molecule has 0 bridgehead atoms. The first kappa shape index (κ1) is 12.4. The third-order valence-corrected chi connectivity index (χ3v) is 3.12. The number of hydrogen-bond acceptors (Lipinski definition) is 4. The van der Waals surface area contributed by atoms with Crippen LogP contribution < -0.4 is 15.4 Å². The number of ether oxygens (including phenoxy) is 1. The molecule has 1 aliphatic heterocycles. The summed E-state index contributed by atoms with van der Waals surface area (Å²) in [5.74, 6) is 1.21. The SMILES string of the molecule is CC[C@]1(C)N=C(Nc2ccc(OC)cc2)NC1=O. The highest BCUT2D eigenvalue weighted by Crippen LogP contribution is 2.21. The second kappa shape index (κ2) is 4.68. The van der Waals surface area contributed by atoms with E-state index < -0.39 is 5.54 Å². The summed E-state index contributed by atoms with van der Waals surface area (Å²) >= 11 is 0. The van der Waals surface area contributed by atoms with Crippen LogP contribution in [0.3, 0.4) is 0 Å². The quantitative estimate of drug-likeness (QED) is 0.855. The molecule has 5 heteroatoms. The van der Waals surface area contributed by atoms with Crippen LogP contribution in [0.2, 0.25) is 0 Å². The van der Waals surface area contributed by atoms with Gasteiger partial charge in [0.05, 0.1) is 7.11 Å². The Morgan fingerprint density at radius 1 is 1.39 bits per heavy atom. The minimum atomic E-state index is -0.658. The average Bonchev–Trinajstić information content (AvgIpc) is 2.66. The number of carbonyl (C=O) groups excluding carboxylic acids is 1. The van der Waals surface area contributed by atoms with Crippen molar-refractivity contribution in [1.29, 1.82) is 0 Å². The Balaban J connectivity index is 2.10. The Morgan fingerprint density at radius 2 is 2.06 bits per heavy atom. The van der Waals surface area contributed by atoms with E-state index in [4.69, 9.17) is 4.74 Å². The predicted molar refractivity (Wildman–Crippen MR) is 70.9 cm³/mol. The molecule has 0 fully saturated rings. The maximum atomic E-state index is 11.7. The lowest BCUT2D eigenvalue weighted by Gasteiger charge is -2.12. The summed E-state index contributed by atoms with van der Waals surface area (Å²) in [4.78, 5) is 16.1. The molecule has 1 heterocycles. The minimum Gasteiger partial charge on any atom is -0.497 e. The van der Waals surface area contributed by atoms with E-state index in [0.717, 1.165) is 11.4 Å². The van der Waals surface area contributed by atoms with Crippen molar-refractivity contribution in [3.8, 4) is 5.75 Å². The van der Waals surface area contributed by atoms with Crippen molar-refractivity contribution < 1.29 is 9.53 Å². The van der Waals surface area contributed by atoms with Crippen LogP contribution in [-0.4, -0.2) is 24.5 Å². The van der Waals surface area contributed by atoms with Crippen LogP contribution in [-0.2, 0) is 4.79 Å². The molecule has 0 unspecified atom stereocenters. The van der Waals surface area contributed by atoms with Gasteiger partial charge in [0.2, 0.25) is 5.96 Å². The highest BCUT2D eigenvalue weighted by atomic mass is 16.5. The minimum absolute atomic E-state index is 0.0685. The standard InChI is InChI=1S/C13H17N3O2/c1-4-13(2)11(17)15-12(16-13)14-9-5-7-10(18-3)8-6-9/h5-8H,4H2,1-3H3,(H2,14,15,16,17)/t13-/m0/s1. The molecule has 1 aliphatic rings. The van der Waals surface area contributed by atoms with Crippen molar-refractivity contribution in [1.82, 2.24) is 5.32 Å². The van der Waals surface area contributed by atoms with E-state index in [-0.39, 0.29) is 5.91 Å². The number of anilines is 1. The number of hydrogen-bond donors (Lipinski definition) is 2.